The Morgan fingerprint density at radius 3 is 2.62 bits per heavy atom. The zero-order valence-corrected chi connectivity index (χ0v) is 11.3. The summed E-state index contributed by atoms with van der Waals surface area (Å²) in [5.41, 5.74) is 4.73. The van der Waals surface area contributed by atoms with Crippen molar-refractivity contribution in [3.63, 3.8) is 0 Å². The van der Waals surface area contributed by atoms with E-state index >= 15 is 0 Å². The van der Waals surface area contributed by atoms with Gasteiger partial charge >= 0.3 is 6.18 Å². The number of anilines is 2. The van der Waals surface area contributed by atoms with E-state index in [2.05, 4.69) is 15.4 Å². The van der Waals surface area contributed by atoms with E-state index in [0.717, 1.165) is 10.7 Å². The van der Waals surface area contributed by atoms with Gasteiger partial charge in [0.1, 0.15) is 23.3 Å². The van der Waals surface area contributed by atoms with E-state index in [-0.39, 0.29) is 22.2 Å². The van der Waals surface area contributed by atoms with Crippen LogP contribution in [0.15, 0.2) is 12.3 Å². The Morgan fingerprint density at radius 1 is 1.48 bits per heavy atom. The zero-order chi connectivity index (χ0) is 15.8. The van der Waals surface area contributed by atoms with Crippen LogP contribution in [0.1, 0.15) is 11.1 Å². The van der Waals surface area contributed by atoms with Crippen molar-refractivity contribution >= 4 is 23.2 Å². The summed E-state index contributed by atoms with van der Waals surface area (Å²) in [4.78, 5) is 3.78. The van der Waals surface area contributed by atoms with Gasteiger partial charge in [-0.15, -0.1) is 0 Å². The number of rotatable bonds is 2. The maximum Gasteiger partial charge on any atom is 0.420 e. The molecule has 0 aromatic carbocycles. The summed E-state index contributed by atoms with van der Waals surface area (Å²) >= 11 is 5.83. The molecule has 0 amide bonds. The summed E-state index contributed by atoms with van der Waals surface area (Å²) in [5.74, 6) is -0.586. The second kappa shape index (κ2) is 5.14. The first kappa shape index (κ1) is 14.9. The molecule has 0 spiro atoms. The monoisotopic (exact) mass is 316 g/mol. The predicted octanol–water partition coefficient (Wildman–Crippen LogP) is 2.44. The van der Waals surface area contributed by atoms with Crippen molar-refractivity contribution in [2.75, 3.05) is 18.1 Å². The Hall–Kier alpha value is -2.47. The maximum absolute atomic E-state index is 12.9. The number of nitrogens with two attached hydrogens (primary N) is 1. The summed E-state index contributed by atoms with van der Waals surface area (Å²) in [7, 11) is 1.29. The molecule has 0 saturated heterocycles. The van der Waals surface area contributed by atoms with E-state index in [4.69, 9.17) is 22.6 Å². The van der Waals surface area contributed by atoms with Crippen molar-refractivity contribution in [1.82, 2.24) is 14.8 Å². The smallest absolute Gasteiger partial charge is 0.382 e. The molecule has 2 heterocycles. The molecular formula is C11H8ClF3N6. The normalized spacial score (nSPS) is 11.2. The second-order valence-electron chi connectivity index (χ2n) is 3.90. The van der Waals surface area contributed by atoms with E-state index in [1.807, 2.05) is 0 Å². The number of hydrogen-bond donors (Lipinski definition) is 2. The lowest BCUT2D eigenvalue weighted by atomic mass is 10.2. The van der Waals surface area contributed by atoms with Crippen LogP contribution in [0, 0.1) is 11.3 Å². The Balaban J connectivity index is 2.66. The molecule has 0 atom stereocenters. The predicted molar refractivity (Wildman–Crippen MR) is 70.0 cm³/mol. The lowest BCUT2D eigenvalue weighted by molar-refractivity contribution is -0.137. The molecule has 10 heteroatoms. The van der Waals surface area contributed by atoms with Crippen molar-refractivity contribution in [1.29, 1.82) is 5.26 Å². The number of aromatic nitrogens is 3. The van der Waals surface area contributed by atoms with Gasteiger partial charge in [-0.05, 0) is 6.07 Å². The molecule has 2 aromatic heterocycles. The fourth-order valence-electron chi connectivity index (χ4n) is 1.65. The molecule has 0 aliphatic carbocycles. The van der Waals surface area contributed by atoms with Gasteiger partial charge in [0.15, 0.2) is 5.82 Å². The van der Waals surface area contributed by atoms with Gasteiger partial charge in [-0.3, -0.25) is 0 Å². The quantitative estimate of drug-likeness (QED) is 0.887. The van der Waals surface area contributed by atoms with Crippen LogP contribution in [-0.2, 0) is 6.18 Å². The van der Waals surface area contributed by atoms with Crippen molar-refractivity contribution in [2.24, 2.45) is 0 Å². The first-order valence-electron chi connectivity index (χ1n) is 5.49. The van der Waals surface area contributed by atoms with E-state index in [0.29, 0.717) is 0 Å². The molecular weight excluding hydrogens is 309 g/mol. The van der Waals surface area contributed by atoms with Crippen LogP contribution in [0.4, 0.5) is 24.8 Å². The molecule has 0 aliphatic rings. The standard InChI is InChI=1S/C11H8ClF3N6/c1-18-9-6(11(13,14)15)2-7(12)10(20-9)21-8(17)5(3-16)4-19-21/h2,4H,17H2,1H3,(H,18,20). The summed E-state index contributed by atoms with van der Waals surface area (Å²) in [6.45, 7) is 0. The summed E-state index contributed by atoms with van der Waals surface area (Å²) in [5, 5.41) is 14.7. The van der Waals surface area contributed by atoms with Gasteiger partial charge in [-0.2, -0.15) is 28.2 Å². The number of halogens is 4. The third-order valence-electron chi connectivity index (χ3n) is 2.63. The Bertz CT molecular complexity index is 731. The fraction of sp³-hybridized carbons (Fsp3) is 0.182. The topological polar surface area (TPSA) is 92.5 Å². The van der Waals surface area contributed by atoms with Gasteiger partial charge in [-0.1, -0.05) is 11.6 Å². The molecule has 6 nitrogen and oxygen atoms in total. The SMILES string of the molecule is CNc1nc(-n2ncc(C#N)c2N)c(Cl)cc1C(F)(F)F. The molecule has 0 saturated carbocycles. The van der Waals surface area contributed by atoms with Crippen LogP contribution in [0.3, 0.4) is 0 Å². The average molecular weight is 317 g/mol. The largest absolute Gasteiger partial charge is 0.420 e. The molecule has 0 bridgehead atoms. The van der Waals surface area contributed by atoms with Gasteiger partial charge in [0.2, 0.25) is 0 Å². The van der Waals surface area contributed by atoms with Crippen LogP contribution >= 0.6 is 11.6 Å². The molecule has 2 aromatic rings. The molecule has 0 fully saturated rings. The molecule has 110 valence electrons. The molecule has 2 rings (SSSR count). The number of pyridine rings is 1. The van der Waals surface area contributed by atoms with Crippen LogP contribution in [-0.4, -0.2) is 21.8 Å². The van der Waals surface area contributed by atoms with Crippen molar-refractivity contribution in [3.8, 4) is 11.9 Å². The van der Waals surface area contributed by atoms with Crippen LogP contribution in [0.2, 0.25) is 5.02 Å². The van der Waals surface area contributed by atoms with Crippen molar-refractivity contribution in [2.45, 2.75) is 6.18 Å². The third-order valence-corrected chi connectivity index (χ3v) is 2.91. The first-order chi connectivity index (χ1) is 9.79. The van der Waals surface area contributed by atoms with E-state index in [9.17, 15) is 13.2 Å². The van der Waals surface area contributed by atoms with Crippen LogP contribution < -0.4 is 11.1 Å². The van der Waals surface area contributed by atoms with Crippen molar-refractivity contribution in [3.05, 3.63) is 28.4 Å². The van der Waals surface area contributed by atoms with Gasteiger partial charge in [0.05, 0.1) is 16.8 Å². The van der Waals surface area contributed by atoms with E-state index < -0.39 is 17.6 Å². The van der Waals surface area contributed by atoms with Gasteiger partial charge in [0, 0.05) is 7.05 Å². The highest BCUT2D eigenvalue weighted by Crippen LogP contribution is 2.37. The minimum atomic E-state index is -4.61. The first-order valence-corrected chi connectivity index (χ1v) is 5.86. The highest BCUT2D eigenvalue weighted by atomic mass is 35.5. The summed E-state index contributed by atoms with van der Waals surface area (Å²) in [6.07, 6.45) is -3.44. The Kier molecular flexibility index (Phi) is 3.65. The molecule has 0 aliphatic heterocycles. The highest BCUT2D eigenvalue weighted by molar-refractivity contribution is 6.32. The lowest BCUT2D eigenvalue weighted by Gasteiger charge is -2.14. The fourth-order valence-corrected chi connectivity index (χ4v) is 1.88. The summed E-state index contributed by atoms with van der Waals surface area (Å²) in [6, 6.07) is 2.52. The number of nitrogen functional groups attached to an aromatic ring is 1. The minimum absolute atomic E-state index is 0.0614. The van der Waals surface area contributed by atoms with E-state index in [1.165, 1.54) is 13.2 Å². The van der Waals surface area contributed by atoms with Crippen molar-refractivity contribution < 1.29 is 13.2 Å². The lowest BCUT2D eigenvalue weighted by Crippen LogP contribution is -2.14. The highest BCUT2D eigenvalue weighted by Gasteiger charge is 2.35. The number of nitrogens with one attached hydrogen (secondary N) is 1. The van der Waals surface area contributed by atoms with E-state index in [1.54, 1.807) is 6.07 Å². The third kappa shape index (κ3) is 2.57. The van der Waals surface area contributed by atoms with Gasteiger partial charge in [0.25, 0.3) is 0 Å². The van der Waals surface area contributed by atoms with Crippen LogP contribution in [0.5, 0.6) is 0 Å². The second-order valence-corrected chi connectivity index (χ2v) is 4.31. The average Bonchev–Trinajstić information content (AvgIpc) is 2.78. The Labute approximate surface area is 121 Å². The number of hydrogen-bond acceptors (Lipinski definition) is 5. The molecule has 21 heavy (non-hydrogen) atoms. The number of nitrogens with zero attached hydrogens (tertiary/aromatic N) is 4. The maximum atomic E-state index is 12.9. The zero-order valence-electron chi connectivity index (χ0n) is 10.5. The molecule has 0 unspecified atom stereocenters. The van der Waals surface area contributed by atoms with Gasteiger partial charge in [-0.25, -0.2) is 4.98 Å². The number of alkyl halides is 3. The molecule has 0 radical (unpaired) electrons. The minimum Gasteiger partial charge on any atom is -0.382 e. The van der Waals surface area contributed by atoms with Gasteiger partial charge < -0.3 is 11.1 Å². The summed E-state index contributed by atoms with van der Waals surface area (Å²) < 4.78 is 39.6. The van der Waals surface area contributed by atoms with Crippen LogP contribution in [0.25, 0.3) is 5.82 Å². The number of nitriles is 1. The molecule has 3 N–H and O–H groups in total. The Morgan fingerprint density at radius 2 is 2.14 bits per heavy atom.